The minimum atomic E-state index is -5.00. The molecule has 0 saturated carbocycles. The van der Waals surface area contributed by atoms with Gasteiger partial charge in [-0.2, -0.15) is 13.2 Å². The Morgan fingerprint density at radius 1 is 1.21 bits per heavy atom. The van der Waals surface area contributed by atoms with Crippen LogP contribution in [-0.4, -0.2) is 24.7 Å². The second-order valence-corrected chi connectivity index (χ2v) is 3.05. The fourth-order valence-electron chi connectivity index (χ4n) is 0.674. The number of carbonyl (C=O) groups is 1. The maximum absolute atomic E-state index is 13.1. The molecule has 0 aliphatic carbocycles. The van der Waals surface area contributed by atoms with Gasteiger partial charge < -0.3 is 4.74 Å². The summed E-state index contributed by atoms with van der Waals surface area (Å²) in [6.45, 7) is 1.98. The number of hydrogen-bond acceptors (Lipinski definition) is 2. The van der Waals surface area contributed by atoms with Crippen molar-refractivity contribution in [2.75, 3.05) is 7.11 Å². The van der Waals surface area contributed by atoms with Crippen LogP contribution < -0.4 is 0 Å². The number of halogens is 4. The van der Waals surface area contributed by atoms with E-state index in [1.54, 1.807) is 0 Å². The van der Waals surface area contributed by atoms with E-state index in [4.69, 9.17) is 0 Å². The molecule has 0 saturated heterocycles. The first-order valence-electron chi connectivity index (χ1n) is 3.65. The molecule has 2 nitrogen and oxygen atoms in total. The van der Waals surface area contributed by atoms with Crippen molar-refractivity contribution in [2.45, 2.75) is 25.7 Å². The zero-order valence-corrected chi connectivity index (χ0v) is 7.91. The van der Waals surface area contributed by atoms with Crippen molar-refractivity contribution in [3.05, 3.63) is 11.8 Å². The van der Waals surface area contributed by atoms with Gasteiger partial charge in [-0.25, -0.2) is 4.39 Å². The summed E-state index contributed by atoms with van der Waals surface area (Å²) >= 11 is 0. The van der Waals surface area contributed by atoms with Gasteiger partial charge in [0.2, 0.25) is 0 Å². The van der Waals surface area contributed by atoms with E-state index in [2.05, 4.69) is 4.74 Å². The highest BCUT2D eigenvalue weighted by molar-refractivity contribution is 5.94. The molecule has 82 valence electrons. The molecule has 0 radical (unpaired) electrons. The van der Waals surface area contributed by atoms with Gasteiger partial charge in [-0.15, -0.1) is 0 Å². The Labute approximate surface area is 78.5 Å². The normalized spacial score (nSPS) is 14.1. The molecule has 0 aliphatic heterocycles. The molecule has 0 aromatic heterocycles. The zero-order chi connectivity index (χ0) is 11.6. The van der Waals surface area contributed by atoms with Crippen LogP contribution >= 0.6 is 0 Å². The van der Waals surface area contributed by atoms with Gasteiger partial charge in [-0.3, -0.25) is 4.79 Å². The van der Waals surface area contributed by atoms with Crippen LogP contribution in [0.4, 0.5) is 17.6 Å². The van der Waals surface area contributed by atoms with Crippen molar-refractivity contribution in [3.63, 3.8) is 0 Å². The number of alkyl halides is 4. The highest BCUT2D eigenvalue weighted by Gasteiger charge is 2.38. The van der Waals surface area contributed by atoms with Gasteiger partial charge in [0.25, 0.3) is 5.78 Å². The van der Waals surface area contributed by atoms with E-state index in [-0.39, 0.29) is 6.08 Å². The quantitative estimate of drug-likeness (QED) is 0.409. The molecule has 0 heterocycles. The van der Waals surface area contributed by atoms with E-state index in [1.807, 2.05) is 0 Å². The molecule has 6 heteroatoms. The van der Waals surface area contributed by atoms with Crippen molar-refractivity contribution < 1.29 is 27.1 Å². The van der Waals surface area contributed by atoms with E-state index >= 15 is 0 Å². The summed E-state index contributed by atoms with van der Waals surface area (Å²) in [5, 5.41) is 0. The predicted molar refractivity (Wildman–Crippen MR) is 41.3 cm³/mol. The molecule has 0 fully saturated rings. The van der Waals surface area contributed by atoms with Gasteiger partial charge in [-0.05, 0) is 13.8 Å². The third kappa shape index (κ3) is 3.76. The number of allylic oxidation sites excluding steroid dienone is 2. The van der Waals surface area contributed by atoms with E-state index in [0.29, 0.717) is 0 Å². The minimum Gasteiger partial charge on any atom is -0.498 e. The first-order valence-corrected chi connectivity index (χ1v) is 3.65. The molecule has 0 atom stereocenters. The average Bonchev–Trinajstić information content (AvgIpc) is 1.95. The molecular weight excluding hydrogens is 204 g/mol. The van der Waals surface area contributed by atoms with E-state index in [0.717, 1.165) is 21.0 Å². The lowest BCUT2D eigenvalue weighted by molar-refractivity contribution is -0.165. The summed E-state index contributed by atoms with van der Waals surface area (Å²) in [5.41, 5.74) is -2.12. The van der Waals surface area contributed by atoms with Gasteiger partial charge >= 0.3 is 6.18 Å². The van der Waals surface area contributed by atoms with Crippen molar-refractivity contribution in [3.8, 4) is 0 Å². The van der Waals surface area contributed by atoms with E-state index < -0.39 is 23.4 Å². The number of hydrogen-bond donors (Lipinski definition) is 0. The Bertz CT molecular complexity index is 247. The van der Waals surface area contributed by atoms with Gasteiger partial charge in [0, 0.05) is 6.08 Å². The van der Waals surface area contributed by atoms with Crippen LogP contribution in [0.5, 0.6) is 0 Å². The number of carbonyl (C=O) groups excluding carboxylic acids is 1. The first kappa shape index (κ1) is 12.9. The molecule has 0 N–H and O–H groups in total. The van der Waals surface area contributed by atoms with Crippen LogP contribution in [-0.2, 0) is 9.53 Å². The van der Waals surface area contributed by atoms with Gasteiger partial charge in [-0.1, -0.05) is 0 Å². The number of ketones is 1. The second kappa shape index (κ2) is 3.98. The van der Waals surface area contributed by atoms with Crippen LogP contribution in [0, 0.1) is 0 Å². The first-order chi connectivity index (χ1) is 6.09. The summed E-state index contributed by atoms with van der Waals surface area (Å²) in [6, 6.07) is 0. The third-order valence-electron chi connectivity index (χ3n) is 1.35. The van der Waals surface area contributed by atoms with Crippen LogP contribution in [0.3, 0.4) is 0 Å². The molecule has 0 aromatic carbocycles. The number of rotatable bonds is 3. The Morgan fingerprint density at radius 2 is 1.64 bits per heavy atom. The number of methoxy groups -OCH3 is 1. The standard InChI is InChI=1S/C8H10F4O2/c1-7(2,9)6(14-3)4-5(13)8(10,11)12/h4H,1-3H3/b6-4-. The summed E-state index contributed by atoms with van der Waals surface area (Å²) in [4.78, 5) is 10.4. The average molecular weight is 214 g/mol. The van der Waals surface area contributed by atoms with Gasteiger partial charge in [0.1, 0.15) is 5.76 Å². The molecule has 0 rings (SSSR count). The summed E-state index contributed by atoms with van der Waals surface area (Å²) < 4.78 is 52.7. The summed E-state index contributed by atoms with van der Waals surface area (Å²) in [7, 11) is 0.997. The number of ether oxygens (including phenoxy) is 1. The maximum atomic E-state index is 13.1. The van der Waals surface area contributed by atoms with Crippen LogP contribution in [0.15, 0.2) is 11.8 Å². The van der Waals surface area contributed by atoms with Crippen LogP contribution in [0.2, 0.25) is 0 Å². The minimum absolute atomic E-state index is 0.111. The second-order valence-electron chi connectivity index (χ2n) is 3.05. The Kier molecular flexibility index (Phi) is 3.67. The maximum Gasteiger partial charge on any atom is 0.454 e. The molecule has 0 unspecified atom stereocenters. The predicted octanol–water partition coefficient (Wildman–Crippen LogP) is 2.40. The molecule has 14 heavy (non-hydrogen) atoms. The molecular formula is C8H10F4O2. The molecule has 0 aromatic rings. The highest BCUT2D eigenvalue weighted by Crippen LogP contribution is 2.24. The van der Waals surface area contributed by atoms with Crippen molar-refractivity contribution >= 4 is 5.78 Å². The summed E-state index contributed by atoms with van der Waals surface area (Å²) in [6.07, 6.45) is -4.89. The molecule has 0 amide bonds. The monoisotopic (exact) mass is 214 g/mol. The Balaban J connectivity index is 4.89. The van der Waals surface area contributed by atoms with Gasteiger partial charge in [0.15, 0.2) is 5.67 Å². The lowest BCUT2D eigenvalue weighted by Gasteiger charge is -2.17. The molecule has 0 spiro atoms. The largest absolute Gasteiger partial charge is 0.498 e. The Hall–Kier alpha value is -1.07. The Morgan fingerprint density at radius 3 is 1.86 bits per heavy atom. The van der Waals surface area contributed by atoms with Crippen molar-refractivity contribution in [2.24, 2.45) is 0 Å². The lowest BCUT2D eigenvalue weighted by Crippen LogP contribution is -2.24. The van der Waals surface area contributed by atoms with E-state index in [1.165, 1.54) is 0 Å². The van der Waals surface area contributed by atoms with Crippen molar-refractivity contribution in [1.29, 1.82) is 0 Å². The van der Waals surface area contributed by atoms with Crippen LogP contribution in [0.1, 0.15) is 13.8 Å². The topological polar surface area (TPSA) is 26.3 Å². The SMILES string of the molecule is CO/C(=C\C(=O)C(F)(F)F)C(C)(C)F. The van der Waals surface area contributed by atoms with Crippen molar-refractivity contribution in [1.82, 2.24) is 0 Å². The molecule has 0 bridgehead atoms. The highest BCUT2D eigenvalue weighted by atomic mass is 19.4. The van der Waals surface area contributed by atoms with Crippen LogP contribution in [0.25, 0.3) is 0 Å². The fourth-order valence-corrected chi connectivity index (χ4v) is 0.674. The third-order valence-corrected chi connectivity index (χ3v) is 1.35. The molecule has 0 aliphatic rings. The van der Waals surface area contributed by atoms with Gasteiger partial charge in [0.05, 0.1) is 7.11 Å². The summed E-state index contributed by atoms with van der Waals surface area (Å²) in [5.74, 6) is -2.79. The van der Waals surface area contributed by atoms with E-state index in [9.17, 15) is 22.4 Å². The zero-order valence-electron chi connectivity index (χ0n) is 7.91. The smallest absolute Gasteiger partial charge is 0.454 e. The fraction of sp³-hybridized carbons (Fsp3) is 0.625. The lowest BCUT2D eigenvalue weighted by atomic mass is 10.1.